The van der Waals surface area contributed by atoms with Crippen LogP contribution in [0.1, 0.15) is 54.9 Å². The largest absolute Gasteiger partial charge is 0.346 e. The topological polar surface area (TPSA) is 59.8 Å². The molecule has 0 fully saturated rings. The number of nitrogens with one attached hydrogen (secondary N) is 1. The average molecular weight is 312 g/mol. The molecule has 0 spiro atoms. The molecule has 0 aliphatic carbocycles. The van der Waals surface area contributed by atoms with Gasteiger partial charge in [-0.3, -0.25) is 4.79 Å². The van der Waals surface area contributed by atoms with Crippen LogP contribution >= 0.6 is 0 Å². The first-order valence-electron chi connectivity index (χ1n) is 8.14. The van der Waals surface area contributed by atoms with Gasteiger partial charge in [-0.25, -0.2) is 9.97 Å². The lowest BCUT2D eigenvalue weighted by atomic mass is 9.93. The first-order chi connectivity index (χ1) is 10.8. The van der Waals surface area contributed by atoms with Crippen molar-refractivity contribution >= 4 is 5.91 Å². The summed E-state index contributed by atoms with van der Waals surface area (Å²) in [6, 6.07) is 5.63. The Morgan fingerprint density at radius 1 is 1.30 bits per heavy atom. The van der Waals surface area contributed by atoms with Gasteiger partial charge in [-0.2, -0.15) is 0 Å². The van der Waals surface area contributed by atoms with Crippen LogP contribution in [0.2, 0.25) is 0 Å². The molecule has 5 heteroatoms. The Bertz CT molecular complexity index is 727. The lowest BCUT2D eigenvalue weighted by Crippen LogP contribution is -2.41. The predicted molar refractivity (Wildman–Crippen MR) is 89.5 cm³/mol. The first kappa shape index (κ1) is 15.7. The Kier molecular flexibility index (Phi) is 3.96. The molecular weight excluding hydrogens is 288 g/mol. The summed E-state index contributed by atoms with van der Waals surface area (Å²) in [7, 11) is 0. The third kappa shape index (κ3) is 3.44. The third-order valence-electron chi connectivity index (χ3n) is 4.22. The molecule has 2 aromatic rings. The van der Waals surface area contributed by atoms with Gasteiger partial charge in [0, 0.05) is 36.3 Å². The minimum Gasteiger partial charge on any atom is -0.346 e. The van der Waals surface area contributed by atoms with Crippen molar-refractivity contribution in [2.24, 2.45) is 0 Å². The number of pyridine rings is 1. The van der Waals surface area contributed by atoms with E-state index in [1.165, 1.54) is 0 Å². The van der Waals surface area contributed by atoms with Crippen LogP contribution in [-0.2, 0) is 18.4 Å². The number of fused-ring (bicyclic) bond motifs is 1. The number of amides is 1. The first-order valence-corrected chi connectivity index (χ1v) is 8.14. The Hall–Kier alpha value is -2.17. The van der Waals surface area contributed by atoms with Crippen LogP contribution in [0, 0.1) is 6.92 Å². The average Bonchev–Trinajstić information content (AvgIpc) is 2.90. The number of nitrogens with zero attached hydrogens (tertiary/aromatic N) is 3. The fourth-order valence-corrected chi connectivity index (χ4v) is 2.85. The summed E-state index contributed by atoms with van der Waals surface area (Å²) < 4.78 is 2.18. The Morgan fingerprint density at radius 2 is 2.09 bits per heavy atom. The molecule has 0 radical (unpaired) electrons. The fourth-order valence-electron chi connectivity index (χ4n) is 2.85. The van der Waals surface area contributed by atoms with Crippen LogP contribution in [0.3, 0.4) is 0 Å². The highest BCUT2D eigenvalue weighted by Gasteiger charge is 2.25. The minimum atomic E-state index is -0.0988. The molecule has 1 aliphatic rings. The van der Waals surface area contributed by atoms with Gasteiger partial charge in [-0.15, -0.1) is 0 Å². The molecule has 0 aromatic carbocycles. The van der Waals surface area contributed by atoms with Gasteiger partial charge in [0.15, 0.2) is 0 Å². The zero-order chi connectivity index (χ0) is 16.6. The molecule has 1 N–H and O–H groups in total. The van der Waals surface area contributed by atoms with E-state index >= 15 is 0 Å². The number of hydrogen-bond donors (Lipinski definition) is 1. The molecule has 1 amide bonds. The summed E-state index contributed by atoms with van der Waals surface area (Å²) >= 11 is 0. The van der Waals surface area contributed by atoms with Gasteiger partial charge in [0.25, 0.3) is 5.91 Å². The molecule has 2 aromatic heterocycles. The van der Waals surface area contributed by atoms with Gasteiger partial charge in [0.05, 0.1) is 5.69 Å². The van der Waals surface area contributed by atoms with Crippen molar-refractivity contribution in [3.63, 3.8) is 0 Å². The fraction of sp³-hybridized carbons (Fsp3) is 0.500. The summed E-state index contributed by atoms with van der Waals surface area (Å²) in [5.41, 5.74) is 2.50. The zero-order valence-corrected chi connectivity index (χ0v) is 14.3. The standard InChI is InChI=1S/C18H24N4O/c1-12-6-5-7-14(19-12)17(23)20-13-8-9-16-21-15(18(2,3)4)11-22(16)10-13/h5-7,11,13H,8-10H2,1-4H3,(H,20,23). The second kappa shape index (κ2) is 5.80. The lowest BCUT2D eigenvalue weighted by Gasteiger charge is -2.24. The SMILES string of the molecule is Cc1cccc(C(=O)NC2CCc3nc(C(C)(C)C)cn3C2)n1. The Labute approximate surface area is 137 Å². The minimum absolute atomic E-state index is 0.0502. The van der Waals surface area contributed by atoms with Crippen LogP contribution in [-0.4, -0.2) is 26.5 Å². The molecule has 3 rings (SSSR count). The number of aryl methyl sites for hydroxylation is 2. The van der Waals surface area contributed by atoms with Gasteiger partial charge in [-0.1, -0.05) is 26.8 Å². The maximum atomic E-state index is 12.3. The molecule has 1 aliphatic heterocycles. The van der Waals surface area contributed by atoms with Crippen molar-refractivity contribution in [1.82, 2.24) is 19.9 Å². The quantitative estimate of drug-likeness (QED) is 0.927. The second-order valence-electron chi connectivity index (χ2n) is 7.32. The predicted octanol–water partition coefficient (Wildman–Crippen LogP) is 2.63. The number of imidazole rings is 1. The molecule has 5 nitrogen and oxygen atoms in total. The maximum absolute atomic E-state index is 12.3. The van der Waals surface area contributed by atoms with E-state index < -0.39 is 0 Å². The number of carbonyl (C=O) groups is 1. The van der Waals surface area contributed by atoms with Gasteiger partial charge in [0.1, 0.15) is 11.5 Å². The molecule has 0 saturated heterocycles. The summed E-state index contributed by atoms with van der Waals surface area (Å²) in [5.74, 6) is 1.02. The molecule has 3 heterocycles. The maximum Gasteiger partial charge on any atom is 0.270 e. The van der Waals surface area contributed by atoms with Crippen LogP contribution in [0.15, 0.2) is 24.4 Å². The van der Waals surface area contributed by atoms with E-state index in [4.69, 9.17) is 4.98 Å². The van der Waals surface area contributed by atoms with E-state index in [2.05, 4.69) is 41.8 Å². The molecular formula is C18H24N4O. The Balaban J connectivity index is 1.70. The van der Waals surface area contributed by atoms with Crippen molar-refractivity contribution in [2.45, 2.75) is 58.5 Å². The van der Waals surface area contributed by atoms with Crippen molar-refractivity contribution in [3.8, 4) is 0 Å². The monoisotopic (exact) mass is 312 g/mol. The van der Waals surface area contributed by atoms with E-state index in [-0.39, 0.29) is 17.4 Å². The summed E-state index contributed by atoms with van der Waals surface area (Å²) in [6.07, 6.45) is 3.93. The van der Waals surface area contributed by atoms with E-state index in [1.807, 2.05) is 19.1 Å². The third-order valence-corrected chi connectivity index (χ3v) is 4.22. The normalized spacial score (nSPS) is 17.7. The number of aromatic nitrogens is 3. The lowest BCUT2D eigenvalue weighted by molar-refractivity contribution is 0.0922. The molecule has 122 valence electrons. The van der Waals surface area contributed by atoms with Gasteiger partial charge >= 0.3 is 0 Å². The molecule has 23 heavy (non-hydrogen) atoms. The van der Waals surface area contributed by atoms with Crippen molar-refractivity contribution in [2.75, 3.05) is 0 Å². The van der Waals surface area contributed by atoms with Crippen molar-refractivity contribution < 1.29 is 4.79 Å². The number of rotatable bonds is 2. The van der Waals surface area contributed by atoms with Gasteiger partial charge in [0.2, 0.25) is 0 Å². The highest BCUT2D eigenvalue weighted by Crippen LogP contribution is 2.24. The van der Waals surface area contributed by atoms with E-state index in [0.717, 1.165) is 36.6 Å². The van der Waals surface area contributed by atoms with Crippen molar-refractivity contribution in [3.05, 3.63) is 47.3 Å². The highest BCUT2D eigenvalue weighted by molar-refractivity contribution is 5.92. The van der Waals surface area contributed by atoms with Crippen LogP contribution in [0.25, 0.3) is 0 Å². The second-order valence-corrected chi connectivity index (χ2v) is 7.32. The molecule has 0 bridgehead atoms. The van der Waals surface area contributed by atoms with E-state index in [9.17, 15) is 4.79 Å². The molecule has 1 unspecified atom stereocenters. The van der Waals surface area contributed by atoms with Crippen LogP contribution in [0.4, 0.5) is 0 Å². The van der Waals surface area contributed by atoms with Crippen LogP contribution < -0.4 is 5.32 Å². The molecule has 1 atom stereocenters. The number of hydrogen-bond acceptors (Lipinski definition) is 3. The van der Waals surface area contributed by atoms with Gasteiger partial charge in [-0.05, 0) is 25.5 Å². The van der Waals surface area contributed by atoms with Crippen LogP contribution in [0.5, 0.6) is 0 Å². The Morgan fingerprint density at radius 3 is 2.78 bits per heavy atom. The smallest absolute Gasteiger partial charge is 0.270 e. The summed E-state index contributed by atoms with van der Waals surface area (Å²) in [5, 5.41) is 3.10. The number of carbonyl (C=O) groups excluding carboxylic acids is 1. The summed E-state index contributed by atoms with van der Waals surface area (Å²) in [6.45, 7) is 9.18. The summed E-state index contributed by atoms with van der Waals surface area (Å²) in [4.78, 5) is 21.4. The zero-order valence-electron chi connectivity index (χ0n) is 14.3. The highest BCUT2D eigenvalue weighted by atomic mass is 16.1. The van der Waals surface area contributed by atoms with E-state index in [0.29, 0.717) is 5.69 Å². The molecule has 0 saturated carbocycles. The van der Waals surface area contributed by atoms with Gasteiger partial charge < -0.3 is 9.88 Å². The van der Waals surface area contributed by atoms with Crippen molar-refractivity contribution in [1.29, 1.82) is 0 Å². The van der Waals surface area contributed by atoms with E-state index in [1.54, 1.807) is 6.07 Å².